The van der Waals surface area contributed by atoms with Gasteiger partial charge in [0.15, 0.2) is 5.16 Å². The van der Waals surface area contributed by atoms with Gasteiger partial charge in [-0.3, -0.25) is 0 Å². The van der Waals surface area contributed by atoms with Crippen molar-refractivity contribution < 1.29 is 4.74 Å². The van der Waals surface area contributed by atoms with Gasteiger partial charge in [-0.05, 0) is 19.4 Å². The van der Waals surface area contributed by atoms with Gasteiger partial charge in [0, 0.05) is 36.7 Å². The number of thioether (sulfide) groups is 1. The van der Waals surface area contributed by atoms with E-state index >= 15 is 0 Å². The Labute approximate surface area is 107 Å². The maximum atomic E-state index is 5.48. The summed E-state index contributed by atoms with van der Waals surface area (Å²) in [6.45, 7) is 5.11. The fourth-order valence-corrected chi connectivity index (χ4v) is 3.07. The zero-order valence-corrected chi connectivity index (χ0v) is 11.1. The molecule has 0 spiro atoms. The lowest BCUT2D eigenvalue weighted by atomic mass is 10.0. The van der Waals surface area contributed by atoms with Crippen molar-refractivity contribution in [2.45, 2.75) is 31.0 Å². The lowest BCUT2D eigenvalue weighted by Crippen LogP contribution is -2.39. The van der Waals surface area contributed by atoms with Crippen LogP contribution in [0.2, 0.25) is 0 Å². The Morgan fingerprint density at radius 3 is 3.29 bits per heavy atom. The van der Waals surface area contributed by atoms with Gasteiger partial charge in [-0.1, -0.05) is 18.7 Å². The molecule has 0 amide bonds. The summed E-state index contributed by atoms with van der Waals surface area (Å²) in [6.07, 6.45) is 6.03. The summed E-state index contributed by atoms with van der Waals surface area (Å²) >= 11 is 1.79. The van der Waals surface area contributed by atoms with E-state index in [0.717, 1.165) is 30.7 Å². The molecule has 0 aromatic carbocycles. The number of imidazole rings is 1. The third-order valence-electron chi connectivity index (χ3n) is 3.06. The van der Waals surface area contributed by atoms with Crippen LogP contribution in [0.25, 0.3) is 0 Å². The Bertz CT molecular complexity index is 299. The topological polar surface area (TPSA) is 49.9 Å². The zero-order chi connectivity index (χ0) is 11.9. The first-order chi connectivity index (χ1) is 8.40. The van der Waals surface area contributed by atoms with E-state index in [1.54, 1.807) is 18.0 Å². The highest BCUT2D eigenvalue weighted by atomic mass is 32.2. The lowest BCUT2D eigenvalue weighted by Gasteiger charge is -2.22. The maximum absolute atomic E-state index is 5.48. The van der Waals surface area contributed by atoms with Crippen LogP contribution < -0.4 is 5.32 Å². The van der Waals surface area contributed by atoms with Gasteiger partial charge < -0.3 is 15.0 Å². The van der Waals surface area contributed by atoms with Crippen molar-refractivity contribution in [3.8, 4) is 0 Å². The number of H-pyrrole nitrogens is 1. The highest BCUT2D eigenvalue weighted by molar-refractivity contribution is 7.99. The summed E-state index contributed by atoms with van der Waals surface area (Å²) < 4.78 is 5.48. The minimum atomic E-state index is 0.535. The molecule has 5 heteroatoms. The molecule has 1 saturated heterocycles. The average molecular weight is 255 g/mol. The van der Waals surface area contributed by atoms with Crippen molar-refractivity contribution in [3.05, 3.63) is 12.4 Å². The smallest absolute Gasteiger partial charge is 0.165 e. The van der Waals surface area contributed by atoms with Crippen molar-refractivity contribution in [1.82, 2.24) is 15.3 Å². The van der Waals surface area contributed by atoms with Crippen LogP contribution in [0.3, 0.4) is 0 Å². The molecular weight excluding hydrogens is 234 g/mol. The summed E-state index contributed by atoms with van der Waals surface area (Å²) in [5.41, 5.74) is 0. The van der Waals surface area contributed by atoms with Crippen molar-refractivity contribution in [1.29, 1.82) is 0 Å². The summed E-state index contributed by atoms with van der Waals surface area (Å²) in [5, 5.41) is 4.64. The van der Waals surface area contributed by atoms with Gasteiger partial charge >= 0.3 is 0 Å². The Morgan fingerprint density at radius 1 is 1.71 bits per heavy atom. The molecule has 2 unspecified atom stereocenters. The summed E-state index contributed by atoms with van der Waals surface area (Å²) in [7, 11) is 0. The molecule has 17 heavy (non-hydrogen) atoms. The molecule has 0 bridgehead atoms. The highest BCUT2D eigenvalue weighted by Gasteiger charge is 2.25. The van der Waals surface area contributed by atoms with E-state index < -0.39 is 0 Å². The average Bonchev–Trinajstić information content (AvgIpc) is 3.01. The molecule has 1 aliphatic heterocycles. The second-order valence-electron chi connectivity index (χ2n) is 4.39. The minimum absolute atomic E-state index is 0.535. The first kappa shape index (κ1) is 12.9. The third kappa shape index (κ3) is 4.01. The SMILES string of the molecule is CCCNC(CSc1ncc[nH]1)C1CCOC1. The predicted molar refractivity (Wildman–Crippen MR) is 70.3 cm³/mol. The molecule has 0 saturated carbocycles. The van der Waals surface area contributed by atoms with E-state index in [9.17, 15) is 0 Å². The number of hydrogen-bond acceptors (Lipinski definition) is 4. The minimum Gasteiger partial charge on any atom is -0.381 e. The number of aromatic amines is 1. The molecule has 2 heterocycles. The van der Waals surface area contributed by atoms with Crippen molar-refractivity contribution >= 4 is 11.8 Å². The summed E-state index contributed by atoms with van der Waals surface area (Å²) in [5.74, 6) is 1.71. The van der Waals surface area contributed by atoms with Gasteiger partial charge in [-0.25, -0.2) is 4.98 Å². The van der Waals surface area contributed by atoms with Crippen LogP contribution in [0.15, 0.2) is 17.6 Å². The Kier molecular flexibility index (Phi) is 5.35. The summed E-state index contributed by atoms with van der Waals surface area (Å²) in [4.78, 5) is 7.38. The maximum Gasteiger partial charge on any atom is 0.165 e. The molecule has 96 valence electrons. The quantitative estimate of drug-likeness (QED) is 0.731. The first-order valence-corrected chi connectivity index (χ1v) is 7.32. The molecule has 1 aromatic rings. The second-order valence-corrected chi connectivity index (χ2v) is 5.40. The molecule has 0 radical (unpaired) electrons. The summed E-state index contributed by atoms with van der Waals surface area (Å²) in [6, 6.07) is 0.535. The van der Waals surface area contributed by atoms with E-state index in [4.69, 9.17) is 4.74 Å². The fraction of sp³-hybridized carbons (Fsp3) is 0.750. The van der Waals surface area contributed by atoms with Crippen LogP contribution in [0.1, 0.15) is 19.8 Å². The van der Waals surface area contributed by atoms with E-state index in [1.807, 2.05) is 6.20 Å². The number of ether oxygens (including phenoxy) is 1. The third-order valence-corrected chi connectivity index (χ3v) is 4.09. The highest BCUT2D eigenvalue weighted by Crippen LogP contribution is 2.22. The molecule has 1 fully saturated rings. The number of hydrogen-bond donors (Lipinski definition) is 2. The van der Waals surface area contributed by atoms with Crippen molar-refractivity contribution in [2.75, 3.05) is 25.5 Å². The standard InChI is InChI=1S/C12H21N3OS/c1-2-4-13-11(10-3-7-16-8-10)9-17-12-14-5-6-15-12/h5-6,10-11,13H,2-4,7-9H2,1H3,(H,14,15). The fourth-order valence-electron chi connectivity index (χ4n) is 2.06. The molecule has 2 N–H and O–H groups in total. The Morgan fingerprint density at radius 2 is 2.65 bits per heavy atom. The predicted octanol–water partition coefficient (Wildman–Crippen LogP) is 1.91. The second kappa shape index (κ2) is 7.03. The van der Waals surface area contributed by atoms with Crippen LogP contribution in [0.5, 0.6) is 0 Å². The Balaban J connectivity index is 1.81. The van der Waals surface area contributed by atoms with Crippen molar-refractivity contribution in [2.24, 2.45) is 5.92 Å². The van der Waals surface area contributed by atoms with Gasteiger partial charge in [0.25, 0.3) is 0 Å². The van der Waals surface area contributed by atoms with E-state index in [-0.39, 0.29) is 0 Å². The molecule has 4 nitrogen and oxygen atoms in total. The molecule has 2 atom stereocenters. The molecule has 2 rings (SSSR count). The largest absolute Gasteiger partial charge is 0.381 e. The van der Waals surface area contributed by atoms with Gasteiger partial charge in [0.05, 0.1) is 6.61 Å². The zero-order valence-electron chi connectivity index (χ0n) is 10.3. The van der Waals surface area contributed by atoms with Crippen LogP contribution in [0.4, 0.5) is 0 Å². The Hall–Kier alpha value is -0.520. The number of aromatic nitrogens is 2. The van der Waals surface area contributed by atoms with Crippen LogP contribution >= 0.6 is 11.8 Å². The van der Waals surface area contributed by atoms with Gasteiger partial charge in [0.1, 0.15) is 0 Å². The van der Waals surface area contributed by atoms with Crippen LogP contribution in [-0.4, -0.2) is 41.5 Å². The molecular formula is C12H21N3OS. The van der Waals surface area contributed by atoms with E-state index in [0.29, 0.717) is 12.0 Å². The van der Waals surface area contributed by atoms with Gasteiger partial charge in [-0.15, -0.1) is 0 Å². The first-order valence-electron chi connectivity index (χ1n) is 6.33. The molecule has 0 aliphatic carbocycles. The van der Waals surface area contributed by atoms with E-state index in [2.05, 4.69) is 22.2 Å². The monoisotopic (exact) mass is 255 g/mol. The van der Waals surface area contributed by atoms with Crippen LogP contribution in [0, 0.1) is 5.92 Å². The van der Waals surface area contributed by atoms with Gasteiger partial charge in [0.2, 0.25) is 0 Å². The van der Waals surface area contributed by atoms with Crippen LogP contribution in [-0.2, 0) is 4.74 Å². The molecule has 1 aromatic heterocycles. The normalized spacial score (nSPS) is 21.8. The molecule has 1 aliphatic rings. The number of nitrogens with one attached hydrogen (secondary N) is 2. The lowest BCUT2D eigenvalue weighted by molar-refractivity contribution is 0.179. The van der Waals surface area contributed by atoms with Gasteiger partial charge in [-0.2, -0.15) is 0 Å². The number of nitrogens with zero attached hydrogens (tertiary/aromatic N) is 1. The van der Waals surface area contributed by atoms with Crippen molar-refractivity contribution in [3.63, 3.8) is 0 Å². The number of rotatable bonds is 7. The van der Waals surface area contributed by atoms with E-state index in [1.165, 1.54) is 12.8 Å².